The molecule has 240 valence electrons. The van der Waals surface area contributed by atoms with E-state index in [1.165, 1.54) is 4.57 Å². The molecule has 1 aliphatic carbocycles. The summed E-state index contributed by atoms with van der Waals surface area (Å²) in [7, 11) is 0. The number of rotatable bonds is 9. The molecule has 3 amide bonds. The van der Waals surface area contributed by atoms with E-state index in [4.69, 9.17) is 9.47 Å². The van der Waals surface area contributed by atoms with Gasteiger partial charge in [0.05, 0.1) is 14.8 Å². The minimum absolute atomic E-state index is 0.188. The highest BCUT2D eigenvalue weighted by molar-refractivity contribution is 14.1. The highest BCUT2D eigenvalue weighted by Crippen LogP contribution is 2.51. The topological polar surface area (TPSA) is 132 Å². The molecule has 1 saturated carbocycles. The lowest BCUT2D eigenvalue weighted by Crippen LogP contribution is -2.45. The van der Waals surface area contributed by atoms with Crippen molar-refractivity contribution in [2.45, 2.75) is 77.5 Å². The summed E-state index contributed by atoms with van der Waals surface area (Å²) < 4.78 is 13.1. The van der Waals surface area contributed by atoms with Gasteiger partial charge in [-0.25, -0.2) is 14.4 Å². The average molecular weight is 730 g/mol. The number of hydrogen-bond acceptors (Lipinski definition) is 7. The molecule has 1 fully saturated rings. The maximum Gasteiger partial charge on any atom is 0.411 e. The first-order valence-corrected chi connectivity index (χ1v) is 15.9. The number of nitrogens with one attached hydrogen (secondary N) is 2. The predicted octanol–water partition coefficient (Wildman–Crippen LogP) is 6.23. The zero-order chi connectivity index (χ0) is 33.0. The van der Waals surface area contributed by atoms with Crippen LogP contribution in [0, 0.1) is 3.57 Å². The molecule has 1 heterocycles. The molecule has 1 aliphatic rings. The Kier molecular flexibility index (Phi) is 10.3. The molecule has 3 aromatic rings. The highest BCUT2D eigenvalue weighted by atomic mass is 127. The monoisotopic (exact) mass is 729 g/mol. The first kappa shape index (κ1) is 33.9. The van der Waals surface area contributed by atoms with Crippen molar-refractivity contribution >= 4 is 46.5 Å². The van der Waals surface area contributed by atoms with Crippen molar-refractivity contribution in [1.29, 1.82) is 0 Å². The van der Waals surface area contributed by atoms with Crippen LogP contribution in [0.2, 0.25) is 0 Å². The van der Waals surface area contributed by atoms with E-state index in [0.717, 1.165) is 18.4 Å². The van der Waals surface area contributed by atoms with Crippen molar-refractivity contribution in [3.05, 3.63) is 86.0 Å². The number of ether oxygens (including phenoxy) is 2. The number of carbonyl (C=O) groups is 3. The van der Waals surface area contributed by atoms with Crippen LogP contribution in [0.5, 0.6) is 0 Å². The minimum atomic E-state index is -0.678. The zero-order valence-electron chi connectivity index (χ0n) is 26.5. The van der Waals surface area contributed by atoms with Crippen LogP contribution in [0.4, 0.5) is 15.4 Å². The van der Waals surface area contributed by atoms with Gasteiger partial charge in [0.1, 0.15) is 11.2 Å². The summed E-state index contributed by atoms with van der Waals surface area (Å²) in [6, 6.07) is 16.1. The molecule has 0 radical (unpaired) electrons. The fraction of sp³-hybridized carbons (Fsp3) is 0.424. The smallest absolute Gasteiger partial charge is 0.411 e. The van der Waals surface area contributed by atoms with Crippen LogP contribution in [0.15, 0.2) is 65.6 Å². The van der Waals surface area contributed by atoms with Crippen LogP contribution in [-0.2, 0) is 15.0 Å². The van der Waals surface area contributed by atoms with Crippen LogP contribution in [0.25, 0.3) is 5.69 Å². The summed E-state index contributed by atoms with van der Waals surface area (Å²) >= 11 is 2.03. The summed E-state index contributed by atoms with van der Waals surface area (Å²) in [5.41, 5.74) is -0.408. The lowest BCUT2D eigenvalue weighted by molar-refractivity contribution is 0.0119. The second-order valence-electron chi connectivity index (χ2n) is 12.9. The fourth-order valence-corrected chi connectivity index (χ4v) is 5.31. The molecule has 1 aromatic heterocycles. The highest BCUT2D eigenvalue weighted by Gasteiger charge is 2.52. The van der Waals surface area contributed by atoms with Gasteiger partial charge in [-0.1, -0.05) is 30.3 Å². The van der Waals surface area contributed by atoms with Gasteiger partial charge in [0.2, 0.25) is 0 Å². The van der Waals surface area contributed by atoms with E-state index in [1.54, 1.807) is 56.1 Å². The van der Waals surface area contributed by atoms with Crippen LogP contribution in [-0.4, -0.2) is 56.8 Å². The largest absolute Gasteiger partial charge is 0.444 e. The lowest BCUT2D eigenvalue weighted by Gasteiger charge is -2.34. The number of benzene rings is 2. The van der Waals surface area contributed by atoms with E-state index >= 15 is 0 Å². The second kappa shape index (κ2) is 13.6. The number of carbonyl (C=O) groups excluding carboxylic acids is 3. The lowest BCUT2D eigenvalue weighted by atomic mass is 10.0. The van der Waals surface area contributed by atoms with Gasteiger partial charge in [-0.15, -0.1) is 0 Å². The van der Waals surface area contributed by atoms with Crippen molar-refractivity contribution in [2.75, 3.05) is 18.4 Å². The van der Waals surface area contributed by atoms with E-state index < -0.39 is 34.6 Å². The summed E-state index contributed by atoms with van der Waals surface area (Å²) in [5, 5.41) is 5.46. The maximum atomic E-state index is 13.4. The van der Waals surface area contributed by atoms with E-state index in [2.05, 4.69) is 15.6 Å². The minimum Gasteiger partial charge on any atom is -0.444 e. The summed E-state index contributed by atoms with van der Waals surface area (Å²) in [4.78, 5) is 56.9. The number of alkyl carbamates (subject to hydrolysis) is 1. The molecular weight excluding hydrogens is 689 g/mol. The molecule has 2 N–H and O–H groups in total. The number of nitrogens with zero attached hydrogens (tertiary/aromatic N) is 3. The van der Waals surface area contributed by atoms with E-state index in [9.17, 15) is 19.2 Å². The molecule has 0 saturated heterocycles. The third-order valence-electron chi connectivity index (χ3n) is 6.91. The van der Waals surface area contributed by atoms with Gasteiger partial charge < -0.3 is 20.1 Å². The quantitative estimate of drug-likeness (QED) is 0.197. The Bertz CT molecular complexity index is 1590. The van der Waals surface area contributed by atoms with Gasteiger partial charge >= 0.3 is 17.9 Å². The van der Waals surface area contributed by atoms with Crippen molar-refractivity contribution in [2.24, 2.45) is 0 Å². The molecule has 45 heavy (non-hydrogen) atoms. The molecule has 4 rings (SSSR count). The van der Waals surface area contributed by atoms with Gasteiger partial charge in [0.15, 0.2) is 5.82 Å². The third-order valence-corrected chi connectivity index (χ3v) is 7.70. The number of halogens is 1. The molecule has 0 unspecified atom stereocenters. The molecule has 0 aliphatic heterocycles. The summed E-state index contributed by atoms with van der Waals surface area (Å²) in [5.74, 6) is -0.166. The van der Waals surface area contributed by atoms with Gasteiger partial charge in [0.25, 0.3) is 5.91 Å². The molecule has 11 nitrogen and oxygen atoms in total. The Balaban J connectivity index is 1.50. The Hall–Kier alpha value is -3.94. The van der Waals surface area contributed by atoms with E-state index in [-0.39, 0.29) is 11.7 Å². The number of hydrogen-bond donors (Lipinski definition) is 2. The molecule has 2 aromatic carbocycles. The van der Waals surface area contributed by atoms with Crippen molar-refractivity contribution < 1.29 is 23.9 Å². The SMILES string of the molecule is CC(C)(C)OC(=O)NCCCN(C(=O)OC(C)(C)C)C1(c2ccc(-n3cc(I)c(NC(=O)c4ccccc4)nc3=O)cc2)CC1. The van der Waals surface area contributed by atoms with Gasteiger partial charge in [0, 0.05) is 24.8 Å². The average Bonchev–Trinajstić information content (AvgIpc) is 3.75. The third kappa shape index (κ3) is 9.05. The Morgan fingerprint density at radius 1 is 0.956 bits per heavy atom. The summed E-state index contributed by atoms with van der Waals surface area (Å²) in [6.07, 6.45) is 2.70. The number of aromatic nitrogens is 2. The van der Waals surface area contributed by atoms with Gasteiger partial charge in [-0.2, -0.15) is 4.98 Å². The second-order valence-corrected chi connectivity index (χ2v) is 14.1. The maximum absolute atomic E-state index is 13.4. The first-order chi connectivity index (χ1) is 21.1. The van der Waals surface area contributed by atoms with Gasteiger partial charge in [-0.3, -0.25) is 14.3 Å². The Morgan fingerprint density at radius 2 is 1.58 bits per heavy atom. The molecular formula is C33H40IN5O6. The van der Waals surface area contributed by atoms with Crippen molar-refractivity contribution in [3.8, 4) is 5.69 Å². The Morgan fingerprint density at radius 3 is 2.16 bits per heavy atom. The van der Waals surface area contributed by atoms with Crippen LogP contribution < -0.4 is 16.3 Å². The molecule has 0 atom stereocenters. The van der Waals surface area contributed by atoms with Crippen LogP contribution in [0.3, 0.4) is 0 Å². The van der Waals surface area contributed by atoms with Crippen molar-refractivity contribution in [1.82, 2.24) is 19.8 Å². The molecule has 12 heteroatoms. The number of anilines is 1. The zero-order valence-corrected chi connectivity index (χ0v) is 28.6. The standard InChI is InChI=1S/C33H40IN5O6/c1-31(2,3)44-29(42)35-19-10-20-39(30(43)45-32(4,5)6)33(17-18-33)23-13-15-24(16-14-23)38-21-25(34)26(37-28(38)41)36-27(40)22-11-8-7-9-12-22/h7-9,11-16,21H,10,17-20H2,1-6H3,(H,35,42)(H,36,37,40,41). The van der Waals surface area contributed by atoms with Crippen LogP contribution >= 0.6 is 22.6 Å². The van der Waals surface area contributed by atoms with E-state index in [1.807, 2.05) is 73.7 Å². The number of amides is 3. The first-order valence-electron chi connectivity index (χ1n) is 14.8. The molecule has 0 bridgehead atoms. The predicted molar refractivity (Wildman–Crippen MR) is 180 cm³/mol. The Labute approximate surface area is 276 Å². The van der Waals surface area contributed by atoms with Crippen LogP contribution in [0.1, 0.15) is 76.7 Å². The normalized spacial score (nSPS) is 13.8. The van der Waals surface area contributed by atoms with E-state index in [0.29, 0.717) is 34.3 Å². The fourth-order valence-electron chi connectivity index (χ4n) is 4.78. The van der Waals surface area contributed by atoms with Crippen molar-refractivity contribution in [3.63, 3.8) is 0 Å². The van der Waals surface area contributed by atoms with Gasteiger partial charge in [-0.05, 0) is 113 Å². The summed E-state index contributed by atoms with van der Waals surface area (Å²) in [6.45, 7) is 11.6. The molecule has 0 spiro atoms.